The number of pyridine rings is 1. The Kier molecular flexibility index (Phi) is 3.54. The third kappa shape index (κ3) is 2.23. The molecule has 3 nitrogen and oxygen atoms in total. The van der Waals surface area contributed by atoms with E-state index in [0.29, 0.717) is 6.42 Å². The molecule has 1 aromatic heterocycles. The quantitative estimate of drug-likeness (QED) is 0.764. The maximum absolute atomic E-state index is 11.9. The highest BCUT2D eigenvalue weighted by molar-refractivity contribution is 5.76. The van der Waals surface area contributed by atoms with E-state index in [1.54, 1.807) is 6.20 Å². The van der Waals surface area contributed by atoms with Crippen molar-refractivity contribution in [3.8, 4) is 0 Å². The van der Waals surface area contributed by atoms with Gasteiger partial charge >= 0.3 is 0 Å². The molecule has 2 rings (SSSR count). The summed E-state index contributed by atoms with van der Waals surface area (Å²) < 4.78 is 0. The lowest BCUT2D eigenvalue weighted by molar-refractivity contribution is -0.134. The van der Waals surface area contributed by atoms with Crippen LogP contribution in [-0.4, -0.2) is 22.3 Å². The second-order valence-electron chi connectivity index (χ2n) is 4.24. The number of amides is 1. The maximum Gasteiger partial charge on any atom is 0.222 e. The van der Waals surface area contributed by atoms with Gasteiger partial charge in [0.1, 0.15) is 0 Å². The highest BCUT2D eigenvalue weighted by atomic mass is 16.2. The molecule has 0 spiro atoms. The van der Waals surface area contributed by atoms with Gasteiger partial charge in [0.25, 0.3) is 0 Å². The van der Waals surface area contributed by atoms with Crippen molar-refractivity contribution in [1.29, 1.82) is 0 Å². The molecule has 1 amide bonds. The minimum Gasteiger partial charge on any atom is -0.336 e. The highest BCUT2D eigenvalue weighted by Gasteiger charge is 2.26. The number of rotatable bonds is 2. The average Bonchev–Trinajstić information content (AvgIpc) is 2.39. The van der Waals surface area contributed by atoms with E-state index in [2.05, 4.69) is 11.1 Å². The zero-order chi connectivity index (χ0) is 11.4. The third-order valence-electron chi connectivity index (χ3n) is 3.19. The summed E-state index contributed by atoms with van der Waals surface area (Å²) >= 11 is 0. The molecule has 0 saturated carbocycles. The van der Waals surface area contributed by atoms with E-state index < -0.39 is 0 Å². The number of nitrogens with zero attached hydrogens (tertiary/aromatic N) is 2. The van der Waals surface area contributed by atoms with Gasteiger partial charge in [-0.05, 0) is 30.9 Å². The van der Waals surface area contributed by atoms with Crippen LogP contribution in [0.4, 0.5) is 0 Å². The fraction of sp³-hybridized carbons (Fsp3) is 0.538. The summed E-state index contributed by atoms with van der Waals surface area (Å²) in [4.78, 5) is 18.0. The van der Waals surface area contributed by atoms with Crippen LogP contribution in [0.5, 0.6) is 0 Å². The molecule has 2 heterocycles. The Bertz CT molecular complexity index is 350. The second-order valence-corrected chi connectivity index (χ2v) is 4.24. The Labute approximate surface area is 96.5 Å². The summed E-state index contributed by atoms with van der Waals surface area (Å²) in [6.45, 7) is 2.82. The Morgan fingerprint density at radius 1 is 1.56 bits per heavy atom. The van der Waals surface area contributed by atoms with Gasteiger partial charge in [0.05, 0.1) is 6.04 Å². The summed E-state index contributed by atoms with van der Waals surface area (Å²) in [7, 11) is 0. The molecule has 0 aliphatic carbocycles. The second kappa shape index (κ2) is 5.10. The molecular formula is C13H18N2O. The normalized spacial score (nSPS) is 20.8. The first kappa shape index (κ1) is 11.1. The van der Waals surface area contributed by atoms with Crippen molar-refractivity contribution < 1.29 is 4.79 Å². The van der Waals surface area contributed by atoms with Gasteiger partial charge in [0.2, 0.25) is 5.91 Å². The monoisotopic (exact) mass is 218 g/mol. The number of carbonyl (C=O) groups excluding carboxylic acids is 1. The van der Waals surface area contributed by atoms with Crippen LogP contribution in [0.2, 0.25) is 0 Å². The first-order valence-electron chi connectivity index (χ1n) is 6.02. The van der Waals surface area contributed by atoms with E-state index in [1.807, 2.05) is 24.1 Å². The van der Waals surface area contributed by atoms with Gasteiger partial charge in [-0.3, -0.25) is 9.78 Å². The molecule has 0 unspecified atom stereocenters. The van der Waals surface area contributed by atoms with Crippen molar-refractivity contribution in [2.24, 2.45) is 0 Å². The number of aromatic nitrogens is 1. The van der Waals surface area contributed by atoms with Crippen molar-refractivity contribution in [2.75, 3.05) is 6.54 Å². The fourth-order valence-electron chi connectivity index (χ4n) is 2.35. The van der Waals surface area contributed by atoms with Gasteiger partial charge < -0.3 is 4.90 Å². The summed E-state index contributed by atoms with van der Waals surface area (Å²) in [6, 6.07) is 4.26. The van der Waals surface area contributed by atoms with Gasteiger partial charge in [-0.25, -0.2) is 0 Å². The van der Waals surface area contributed by atoms with Gasteiger partial charge in [-0.2, -0.15) is 0 Å². The minimum atomic E-state index is 0.245. The summed E-state index contributed by atoms with van der Waals surface area (Å²) in [5.74, 6) is 0.258. The van der Waals surface area contributed by atoms with Crippen LogP contribution >= 0.6 is 0 Å². The van der Waals surface area contributed by atoms with Gasteiger partial charge in [0.15, 0.2) is 0 Å². The number of hydrogen-bond donors (Lipinski definition) is 0. The molecule has 1 fully saturated rings. The molecule has 0 aromatic carbocycles. The molecule has 1 aliphatic rings. The molecule has 0 bridgehead atoms. The Balaban J connectivity index is 2.20. The van der Waals surface area contributed by atoms with E-state index in [-0.39, 0.29) is 11.9 Å². The Morgan fingerprint density at radius 2 is 2.44 bits per heavy atom. The van der Waals surface area contributed by atoms with Gasteiger partial charge in [0, 0.05) is 25.4 Å². The summed E-state index contributed by atoms with van der Waals surface area (Å²) in [5.41, 5.74) is 1.17. The Hall–Kier alpha value is -1.38. The smallest absolute Gasteiger partial charge is 0.222 e. The number of piperidine rings is 1. The predicted molar refractivity (Wildman–Crippen MR) is 62.8 cm³/mol. The molecule has 86 valence electrons. The zero-order valence-electron chi connectivity index (χ0n) is 9.72. The van der Waals surface area contributed by atoms with E-state index in [1.165, 1.54) is 12.0 Å². The van der Waals surface area contributed by atoms with Crippen LogP contribution in [0.1, 0.15) is 44.2 Å². The molecule has 1 saturated heterocycles. The summed E-state index contributed by atoms with van der Waals surface area (Å²) in [6.07, 6.45) is 7.65. The van der Waals surface area contributed by atoms with Crippen LogP contribution in [-0.2, 0) is 4.79 Å². The lowest BCUT2D eigenvalue weighted by atomic mass is 9.96. The molecule has 0 N–H and O–H groups in total. The summed E-state index contributed by atoms with van der Waals surface area (Å²) in [5, 5.41) is 0. The van der Waals surface area contributed by atoms with Crippen molar-refractivity contribution in [3.63, 3.8) is 0 Å². The average molecular weight is 218 g/mol. The molecule has 1 aliphatic heterocycles. The molecule has 16 heavy (non-hydrogen) atoms. The van der Waals surface area contributed by atoms with Crippen LogP contribution in [0.25, 0.3) is 0 Å². The van der Waals surface area contributed by atoms with Crippen molar-refractivity contribution in [1.82, 2.24) is 9.88 Å². The van der Waals surface area contributed by atoms with Crippen LogP contribution in [0.15, 0.2) is 24.5 Å². The van der Waals surface area contributed by atoms with Crippen molar-refractivity contribution in [2.45, 2.75) is 38.6 Å². The van der Waals surface area contributed by atoms with Crippen molar-refractivity contribution in [3.05, 3.63) is 30.1 Å². The zero-order valence-corrected chi connectivity index (χ0v) is 9.72. The minimum absolute atomic E-state index is 0.245. The Morgan fingerprint density at radius 3 is 3.12 bits per heavy atom. The van der Waals surface area contributed by atoms with Crippen LogP contribution in [0.3, 0.4) is 0 Å². The maximum atomic E-state index is 11.9. The first-order valence-corrected chi connectivity index (χ1v) is 6.02. The van der Waals surface area contributed by atoms with Crippen LogP contribution < -0.4 is 0 Å². The lowest BCUT2D eigenvalue weighted by Crippen LogP contribution is -2.38. The molecule has 1 aromatic rings. The largest absolute Gasteiger partial charge is 0.336 e. The predicted octanol–water partition coefficient (Wildman–Crippen LogP) is 2.55. The van der Waals surface area contributed by atoms with Crippen molar-refractivity contribution >= 4 is 5.91 Å². The van der Waals surface area contributed by atoms with E-state index in [9.17, 15) is 4.79 Å². The first-order chi connectivity index (χ1) is 7.83. The molecular weight excluding hydrogens is 200 g/mol. The van der Waals surface area contributed by atoms with Gasteiger partial charge in [-0.1, -0.05) is 13.0 Å². The number of carbonyl (C=O) groups is 1. The van der Waals surface area contributed by atoms with Gasteiger partial charge in [-0.15, -0.1) is 0 Å². The van der Waals surface area contributed by atoms with E-state index in [0.717, 1.165) is 19.4 Å². The SMILES string of the molecule is CCC(=O)N1CCCC[C@H]1c1cccnc1. The number of hydrogen-bond acceptors (Lipinski definition) is 2. The highest BCUT2D eigenvalue weighted by Crippen LogP contribution is 2.30. The number of likely N-dealkylation sites (tertiary alicyclic amines) is 1. The van der Waals surface area contributed by atoms with E-state index in [4.69, 9.17) is 0 Å². The molecule has 3 heteroatoms. The van der Waals surface area contributed by atoms with Crippen LogP contribution in [0, 0.1) is 0 Å². The third-order valence-corrected chi connectivity index (χ3v) is 3.19. The molecule has 0 radical (unpaired) electrons. The van der Waals surface area contributed by atoms with E-state index >= 15 is 0 Å². The topological polar surface area (TPSA) is 33.2 Å². The lowest BCUT2D eigenvalue weighted by Gasteiger charge is -2.35. The molecule has 1 atom stereocenters. The standard InChI is InChI=1S/C13H18N2O/c1-2-13(16)15-9-4-3-7-12(15)11-6-5-8-14-10-11/h5-6,8,10,12H,2-4,7,9H2,1H3/t12-/m0/s1. The fourth-order valence-corrected chi connectivity index (χ4v) is 2.35.